The van der Waals surface area contributed by atoms with Gasteiger partial charge in [0.15, 0.2) is 0 Å². The first kappa shape index (κ1) is 14.6. The third kappa shape index (κ3) is 3.19. The summed E-state index contributed by atoms with van der Waals surface area (Å²) in [4.78, 5) is 12.3. The predicted molar refractivity (Wildman–Crippen MR) is 76.3 cm³/mol. The molecule has 1 aromatic rings. The van der Waals surface area contributed by atoms with Crippen molar-refractivity contribution in [2.45, 2.75) is 31.3 Å². The van der Waals surface area contributed by atoms with E-state index in [1.807, 2.05) is 11.9 Å². The summed E-state index contributed by atoms with van der Waals surface area (Å²) < 4.78 is 5.10. The normalized spacial score (nSPS) is 16.9. The Balaban J connectivity index is 2.22. The standard InChI is InChI=1S/C14H20N2O4/c1-15(10-14(17)5-3-4-6-14)11-7-12(16(18)19)9-13(8-11)20-2/h7-9,17H,3-6,10H2,1-2H3. The molecule has 0 atom stereocenters. The molecule has 110 valence electrons. The van der Waals surface area contributed by atoms with Gasteiger partial charge < -0.3 is 14.7 Å². The lowest BCUT2D eigenvalue weighted by Crippen LogP contribution is -2.39. The molecule has 1 aliphatic carbocycles. The number of non-ortho nitro benzene ring substituents is 1. The molecular formula is C14H20N2O4. The lowest BCUT2D eigenvalue weighted by molar-refractivity contribution is -0.384. The Labute approximate surface area is 118 Å². The molecule has 0 aliphatic heterocycles. The molecule has 0 aromatic heterocycles. The number of ether oxygens (including phenoxy) is 1. The number of nitro groups is 1. The summed E-state index contributed by atoms with van der Waals surface area (Å²) in [6, 6.07) is 4.63. The zero-order chi connectivity index (χ0) is 14.8. The predicted octanol–water partition coefficient (Wildman–Crippen LogP) is 2.34. The largest absolute Gasteiger partial charge is 0.496 e. The van der Waals surface area contributed by atoms with Gasteiger partial charge in [0.25, 0.3) is 5.69 Å². The zero-order valence-electron chi connectivity index (χ0n) is 11.8. The lowest BCUT2D eigenvalue weighted by Gasteiger charge is -2.30. The topological polar surface area (TPSA) is 75.8 Å². The van der Waals surface area contributed by atoms with E-state index in [0.29, 0.717) is 18.0 Å². The second kappa shape index (κ2) is 5.66. The highest BCUT2D eigenvalue weighted by Gasteiger charge is 2.32. The molecule has 0 unspecified atom stereocenters. The second-order valence-corrected chi connectivity index (χ2v) is 5.43. The third-order valence-electron chi connectivity index (χ3n) is 3.83. The van der Waals surface area contributed by atoms with Gasteiger partial charge in [0.05, 0.1) is 23.7 Å². The van der Waals surface area contributed by atoms with Crippen LogP contribution in [-0.2, 0) is 0 Å². The summed E-state index contributed by atoms with van der Waals surface area (Å²) in [6.45, 7) is 0.470. The van der Waals surface area contributed by atoms with Gasteiger partial charge in [-0.2, -0.15) is 0 Å². The number of rotatable bonds is 5. The zero-order valence-corrected chi connectivity index (χ0v) is 11.8. The summed E-state index contributed by atoms with van der Waals surface area (Å²) in [5.41, 5.74) is -0.0203. The van der Waals surface area contributed by atoms with Gasteiger partial charge >= 0.3 is 0 Å². The van der Waals surface area contributed by atoms with Gasteiger partial charge in [0.2, 0.25) is 0 Å². The van der Waals surface area contributed by atoms with E-state index in [4.69, 9.17) is 4.74 Å². The number of likely N-dealkylation sites (N-methyl/N-ethyl adjacent to an activating group) is 1. The Morgan fingerprint density at radius 3 is 2.60 bits per heavy atom. The second-order valence-electron chi connectivity index (χ2n) is 5.43. The van der Waals surface area contributed by atoms with Gasteiger partial charge in [-0.05, 0) is 12.8 Å². The number of methoxy groups -OCH3 is 1. The van der Waals surface area contributed by atoms with Crippen LogP contribution in [0.4, 0.5) is 11.4 Å². The van der Waals surface area contributed by atoms with Crippen LogP contribution in [-0.4, -0.2) is 36.3 Å². The highest BCUT2D eigenvalue weighted by molar-refractivity contribution is 5.57. The summed E-state index contributed by atoms with van der Waals surface area (Å²) in [5, 5.41) is 21.4. The first-order valence-corrected chi connectivity index (χ1v) is 6.70. The SMILES string of the molecule is COc1cc(N(C)CC2(O)CCCC2)cc([N+](=O)[O-])c1. The number of hydrogen-bond donors (Lipinski definition) is 1. The molecule has 20 heavy (non-hydrogen) atoms. The fourth-order valence-corrected chi connectivity index (χ4v) is 2.74. The Morgan fingerprint density at radius 2 is 2.05 bits per heavy atom. The van der Waals surface area contributed by atoms with E-state index in [1.54, 1.807) is 6.07 Å². The summed E-state index contributed by atoms with van der Waals surface area (Å²) in [5.74, 6) is 0.444. The fourth-order valence-electron chi connectivity index (χ4n) is 2.74. The van der Waals surface area contributed by atoms with Crippen LogP contribution in [0.3, 0.4) is 0 Å². The fraction of sp³-hybridized carbons (Fsp3) is 0.571. The average molecular weight is 280 g/mol. The van der Waals surface area contributed by atoms with Crippen molar-refractivity contribution >= 4 is 11.4 Å². The quantitative estimate of drug-likeness (QED) is 0.662. The van der Waals surface area contributed by atoms with Crippen molar-refractivity contribution in [1.29, 1.82) is 0 Å². The summed E-state index contributed by atoms with van der Waals surface area (Å²) >= 11 is 0. The third-order valence-corrected chi connectivity index (χ3v) is 3.83. The van der Waals surface area contributed by atoms with Gasteiger partial charge in [-0.1, -0.05) is 12.8 Å². The van der Waals surface area contributed by atoms with E-state index in [9.17, 15) is 15.2 Å². The van der Waals surface area contributed by atoms with Crippen LogP contribution in [0.25, 0.3) is 0 Å². The molecule has 1 saturated carbocycles. The van der Waals surface area contributed by atoms with Crippen LogP contribution < -0.4 is 9.64 Å². The van der Waals surface area contributed by atoms with E-state index in [-0.39, 0.29) is 5.69 Å². The first-order valence-electron chi connectivity index (χ1n) is 6.70. The summed E-state index contributed by atoms with van der Waals surface area (Å²) in [7, 11) is 3.31. The molecule has 1 fully saturated rings. The molecule has 0 saturated heterocycles. The molecule has 6 nitrogen and oxygen atoms in total. The van der Waals surface area contributed by atoms with Crippen molar-refractivity contribution in [3.63, 3.8) is 0 Å². The smallest absolute Gasteiger partial charge is 0.275 e. The van der Waals surface area contributed by atoms with Crippen molar-refractivity contribution in [3.05, 3.63) is 28.3 Å². The Bertz CT molecular complexity index is 498. The lowest BCUT2D eigenvalue weighted by atomic mass is 10.0. The highest BCUT2D eigenvalue weighted by atomic mass is 16.6. The highest BCUT2D eigenvalue weighted by Crippen LogP contribution is 2.33. The number of benzene rings is 1. The van der Waals surface area contributed by atoms with Crippen LogP contribution >= 0.6 is 0 Å². The van der Waals surface area contributed by atoms with Crippen molar-refractivity contribution in [2.24, 2.45) is 0 Å². The Kier molecular flexibility index (Phi) is 4.13. The van der Waals surface area contributed by atoms with E-state index in [1.165, 1.54) is 19.2 Å². The molecule has 1 aromatic carbocycles. The van der Waals surface area contributed by atoms with Crippen LogP contribution in [0.1, 0.15) is 25.7 Å². The van der Waals surface area contributed by atoms with Gasteiger partial charge in [-0.25, -0.2) is 0 Å². The molecule has 0 heterocycles. The molecule has 0 radical (unpaired) electrons. The number of nitrogens with zero attached hydrogens (tertiary/aromatic N) is 2. The van der Waals surface area contributed by atoms with Gasteiger partial charge in [0, 0.05) is 31.4 Å². The van der Waals surface area contributed by atoms with Crippen LogP contribution in [0.5, 0.6) is 5.75 Å². The van der Waals surface area contributed by atoms with E-state index >= 15 is 0 Å². The van der Waals surface area contributed by atoms with Crippen LogP contribution in [0.15, 0.2) is 18.2 Å². The molecule has 1 N–H and O–H groups in total. The summed E-state index contributed by atoms with van der Waals surface area (Å²) in [6.07, 6.45) is 3.62. The number of anilines is 1. The number of hydrogen-bond acceptors (Lipinski definition) is 5. The van der Waals surface area contributed by atoms with E-state index in [2.05, 4.69) is 0 Å². The molecule has 0 spiro atoms. The number of aliphatic hydroxyl groups is 1. The van der Waals surface area contributed by atoms with Crippen molar-refractivity contribution in [3.8, 4) is 5.75 Å². The first-order chi connectivity index (χ1) is 9.43. The minimum atomic E-state index is -0.688. The molecular weight excluding hydrogens is 260 g/mol. The molecule has 1 aliphatic rings. The van der Waals surface area contributed by atoms with Crippen molar-refractivity contribution in [2.75, 3.05) is 25.6 Å². The molecule has 6 heteroatoms. The maximum absolute atomic E-state index is 10.9. The van der Waals surface area contributed by atoms with E-state index < -0.39 is 10.5 Å². The average Bonchev–Trinajstić information content (AvgIpc) is 2.84. The van der Waals surface area contributed by atoms with Gasteiger partial charge in [-0.15, -0.1) is 0 Å². The van der Waals surface area contributed by atoms with Crippen molar-refractivity contribution in [1.82, 2.24) is 0 Å². The Morgan fingerprint density at radius 1 is 1.40 bits per heavy atom. The molecule has 0 bridgehead atoms. The van der Waals surface area contributed by atoms with Gasteiger partial charge in [-0.3, -0.25) is 10.1 Å². The molecule has 2 rings (SSSR count). The van der Waals surface area contributed by atoms with E-state index in [0.717, 1.165) is 25.7 Å². The maximum Gasteiger partial charge on any atom is 0.275 e. The minimum Gasteiger partial charge on any atom is -0.496 e. The van der Waals surface area contributed by atoms with Crippen molar-refractivity contribution < 1.29 is 14.8 Å². The van der Waals surface area contributed by atoms with Crippen LogP contribution in [0.2, 0.25) is 0 Å². The monoisotopic (exact) mass is 280 g/mol. The van der Waals surface area contributed by atoms with Crippen LogP contribution in [0, 0.1) is 10.1 Å². The minimum absolute atomic E-state index is 0.00962. The number of nitro benzene ring substituents is 1. The Hall–Kier alpha value is -1.82. The maximum atomic E-state index is 10.9. The van der Waals surface area contributed by atoms with Gasteiger partial charge in [0.1, 0.15) is 5.75 Å². The molecule has 0 amide bonds.